The van der Waals surface area contributed by atoms with Gasteiger partial charge in [-0.1, -0.05) is 12.2 Å². The van der Waals surface area contributed by atoms with Gasteiger partial charge in [0.15, 0.2) is 5.82 Å². The van der Waals surface area contributed by atoms with E-state index >= 15 is 0 Å². The molecule has 13 heavy (non-hydrogen) atoms. The van der Waals surface area contributed by atoms with Gasteiger partial charge in [0.2, 0.25) is 5.91 Å². The molecule has 5 nitrogen and oxygen atoms in total. The molecule has 1 amide bonds. The zero-order valence-corrected chi connectivity index (χ0v) is 7.75. The Kier molecular flexibility index (Phi) is 2.97. The maximum Gasteiger partial charge on any atom is 0.219 e. The normalized spacial score (nSPS) is 9.85. The SMILES string of the molecule is NC(=O)CCn1ccnc1C(N)=S. The maximum absolute atomic E-state index is 10.5. The molecule has 0 unspecified atom stereocenters. The van der Waals surface area contributed by atoms with Gasteiger partial charge in [-0.2, -0.15) is 0 Å². The van der Waals surface area contributed by atoms with Crippen LogP contribution in [-0.4, -0.2) is 20.4 Å². The average Bonchev–Trinajstić information content (AvgIpc) is 2.47. The van der Waals surface area contributed by atoms with E-state index < -0.39 is 0 Å². The zero-order valence-electron chi connectivity index (χ0n) is 6.93. The van der Waals surface area contributed by atoms with Crippen LogP contribution in [0.3, 0.4) is 0 Å². The highest BCUT2D eigenvalue weighted by molar-refractivity contribution is 7.80. The first-order chi connectivity index (χ1) is 6.11. The second-order valence-electron chi connectivity index (χ2n) is 2.52. The fourth-order valence-corrected chi connectivity index (χ4v) is 1.12. The van der Waals surface area contributed by atoms with Gasteiger partial charge < -0.3 is 16.0 Å². The first-order valence-electron chi connectivity index (χ1n) is 3.70. The highest BCUT2D eigenvalue weighted by Crippen LogP contribution is 1.98. The molecule has 0 aromatic carbocycles. The predicted octanol–water partition coefficient (Wildman–Crippen LogP) is -0.607. The second-order valence-corrected chi connectivity index (χ2v) is 2.96. The van der Waals surface area contributed by atoms with Crippen LogP contribution in [0, 0.1) is 0 Å². The standard InChI is InChI=1S/C7H10N4OS/c8-5(12)1-3-11-4-2-10-7(11)6(9)13/h2,4H,1,3H2,(H2,8,12)(H2,9,13). The number of thiocarbonyl (C=S) groups is 1. The predicted molar refractivity (Wildman–Crippen MR) is 51.9 cm³/mol. The van der Waals surface area contributed by atoms with E-state index in [-0.39, 0.29) is 17.3 Å². The molecule has 1 aromatic heterocycles. The van der Waals surface area contributed by atoms with Crippen molar-refractivity contribution in [3.63, 3.8) is 0 Å². The molecule has 0 spiro atoms. The summed E-state index contributed by atoms with van der Waals surface area (Å²) in [5, 5.41) is 0. The van der Waals surface area contributed by atoms with E-state index in [2.05, 4.69) is 4.98 Å². The molecule has 0 atom stereocenters. The number of nitrogens with zero attached hydrogens (tertiary/aromatic N) is 2. The number of aryl methyl sites for hydroxylation is 1. The molecule has 4 N–H and O–H groups in total. The molecule has 0 saturated heterocycles. The number of primary amides is 1. The van der Waals surface area contributed by atoms with Crippen LogP contribution < -0.4 is 11.5 Å². The summed E-state index contributed by atoms with van der Waals surface area (Å²) in [7, 11) is 0. The fourth-order valence-electron chi connectivity index (χ4n) is 0.945. The molecule has 70 valence electrons. The van der Waals surface area contributed by atoms with Gasteiger partial charge in [0.05, 0.1) is 0 Å². The molecule has 6 heteroatoms. The number of amides is 1. The van der Waals surface area contributed by atoms with Crippen molar-refractivity contribution < 1.29 is 4.79 Å². The van der Waals surface area contributed by atoms with Crippen molar-refractivity contribution in [3.8, 4) is 0 Å². The van der Waals surface area contributed by atoms with Gasteiger partial charge in [-0.15, -0.1) is 0 Å². The van der Waals surface area contributed by atoms with Gasteiger partial charge >= 0.3 is 0 Å². The number of imidazole rings is 1. The van der Waals surface area contributed by atoms with Crippen molar-refractivity contribution in [3.05, 3.63) is 18.2 Å². The Morgan fingerprint density at radius 2 is 2.31 bits per heavy atom. The third-order valence-corrected chi connectivity index (χ3v) is 1.72. The minimum absolute atomic E-state index is 0.217. The Labute approximate surface area is 80.7 Å². The minimum Gasteiger partial charge on any atom is -0.387 e. The van der Waals surface area contributed by atoms with Gasteiger partial charge in [0.1, 0.15) is 4.99 Å². The van der Waals surface area contributed by atoms with Gasteiger partial charge in [-0.3, -0.25) is 4.79 Å². The van der Waals surface area contributed by atoms with Gasteiger partial charge in [-0.25, -0.2) is 4.98 Å². The summed E-state index contributed by atoms with van der Waals surface area (Å²) in [4.78, 5) is 14.7. The third kappa shape index (κ3) is 2.51. The first kappa shape index (κ1) is 9.66. The van der Waals surface area contributed by atoms with Gasteiger partial charge in [0.25, 0.3) is 0 Å². The number of carbonyl (C=O) groups is 1. The smallest absolute Gasteiger partial charge is 0.219 e. The molecular weight excluding hydrogens is 188 g/mol. The quantitative estimate of drug-likeness (QED) is 0.632. The summed E-state index contributed by atoms with van der Waals surface area (Å²) < 4.78 is 1.70. The van der Waals surface area contributed by atoms with Crippen LogP contribution in [0.1, 0.15) is 12.2 Å². The topological polar surface area (TPSA) is 86.9 Å². The molecule has 0 aliphatic rings. The lowest BCUT2D eigenvalue weighted by Crippen LogP contribution is -2.19. The van der Waals surface area contributed by atoms with Crippen molar-refractivity contribution in [2.75, 3.05) is 0 Å². The second kappa shape index (κ2) is 3.99. The van der Waals surface area contributed by atoms with Crippen LogP contribution in [0.4, 0.5) is 0 Å². The summed E-state index contributed by atoms with van der Waals surface area (Å²) in [5.74, 6) is 0.152. The van der Waals surface area contributed by atoms with Crippen LogP contribution >= 0.6 is 12.2 Å². The van der Waals surface area contributed by atoms with Crippen molar-refractivity contribution >= 4 is 23.1 Å². The summed E-state index contributed by atoms with van der Waals surface area (Å²) in [6, 6.07) is 0. The Hall–Kier alpha value is -1.43. The van der Waals surface area contributed by atoms with E-state index in [0.717, 1.165) is 0 Å². The molecule has 0 fully saturated rings. The number of rotatable bonds is 4. The lowest BCUT2D eigenvalue weighted by Gasteiger charge is -2.03. The van der Waals surface area contributed by atoms with E-state index in [1.165, 1.54) is 0 Å². The number of nitrogens with two attached hydrogens (primary N) is 2. The Balaban J connectivity index is 2.71. The van der Waals surface area contributed by atoms with Crippen LogP contribution in [0.25, 0.3) is 0 Å². The molecular formula is C7H10N4OS. The molecule has 0 aliphatic heterocycles. The van der Waals surface area contributed by atoms with Gasteiger partial charge in [-0.05, 0) is 0 Å². The molecule has 1 heterocycles. The van der Waals surface area contributed by atoms with Crippen molar-refractivity contribution in [1.29, 1.82) is 0 Å². The lowest BCUT2D eigenvalue weighted by molar-refractivity contribution is -0.118. The molecule has 1 aromatic rings. The Bertz CT molecular complexity index is 333. The summed E-state index contributed by atoms with van der Waals surface area (Å²) in [6.07, 6.45) is 3.54. The Morgan fingerprint density at radius 1 is 1.62 bits per heavy atom. The van der Waals surface area contributed by atoms with E-state index in [1.54, 1.807) is 17.0 Å². The highest BCUT2D eigenvalue weighted by Gasteiger charge is 2.05. The lowest BCUT2D eigenvalue weighted by atomic mass is 10.4. The molecule has 1 rings (SSSR count). The summed E-state index contributed by atoms with van der Waals surface area (Å²) in [6.45, 7) is 0.460. The Morgan fingerprint density at radius 3 is 2.85 bits per heavy atom. The minimum atomic E-state index is -0.359. The number of carbonyl (C=O) groups excluding carboxylic acids is 1. The largest absolute Gasteiger partial charge is 0.387 e. The van der Waals surface area contributed by atoms with Crippen LogP contribution in [0.15, 0.2) is 12.4 Å². The summed E-state index contributed by atoms with van der Waals surface area (Å²) >= 11 is 4.76. The van der Waals surface area contributed by atoms with Crippen LogP contribution in [-0.2, 0) is 11.3 Å². The molecule has 0 saturated carbocycles. The van der Waals surface area contributed by atoms with Crippen LogP contribution in [0.2, 0.25) is 0 Å². The molecule has 0 aliphatic carbocycles. The van der Waals surface area contributed by atoms with Crippen molar-refractivity contribution in [2.45, 2.75) is 13.0 Å². The van der Waals surface area contributed by atoms with E-state index in [9.17, 15) is 4.79 Å². The average molecular weight is 198 g/mol. The number of hydrogen-bond donors (Lipinski definition) is 2. The van der Waals surface area contributed by atoms with Crippen LogP contribution in [0.5, 0.6) is 0 Å². The summed E-state index contributed by atoms with van der Waals surface area (Å²) in [5.41, 5.74) is 10.4. The zero-order chi connectivity index (χ0) is 9.84. The van der Waals surface area contributed by atoms with Crippen molar-refractivity contribution in [2.24, 2.45) is 11.5 Å². The highest BCUT2D eigenvalue weighted by atomic mass is 32.1. The van der Waals surface area contributed by atoms with E-state index in [1.807, 2.05) is 0 Å². The number of hydrogen-bond acceptors (Lipinski definition) is 3. The maximum atomic E-state index is 10.5. The monoisotopic (exact) mass is 198 g/mol. The van der Waals surface area contributed by atoms with Crippen molar-refractivity contribution in [1.82, 2.24) is 9.55 Å². The molecule has 0 bridgehead atoms. The third-order valence-electron chi connectivity index (χ3n) is 1.53. The van der Waals surface area contributed by atoms with Gasteiger partial charge in [0, 0.05) is 25.4 Å². The van der Waals surface area contributed by atoms with E-state index in [0.29, 0.717) is 12.4 Å². The fraction of sp³-hybridized carbons (Fsp3) is 0.286. The molecule has 0 radical (unpaired) electrons. The van der Waals surface area contributed by atoms with E-state index in [4.69, 9.17) is 23.7 Å². The number of aromatic nitrogens is 2. The first-order valence-corrected chi connectivity index (χ1v) is 4.11.